The highest BCUT2D eigenvalue weighted by molar-refractivity contribution is 5.95. The third-order valence-electron chi connectivity index (χ3n) is 2.49. The van der Waals surface area contributed by atoms with Crippen molar-refractivity contribution in [1.82, 2.24) is 9.38 Å². The molecule has 0 amide bonds. The minimum absolute atomic E-state index is 0.0821. The number of aromatic nitrogens is 2. The maximum Gasteiger partial charge on any atom is 0.356 e. The van der Waals surface area contributed by atoms with Crippen LogP contribution in [0.3, 0.4) is 0 Å². The van der Waals surface area contributed by atoms with Crippen molar-refractivity contribution in [2.75, 3.05) is 6.61 Å². The third kappa shape index (κ3) is 1.80. The molecule has 7 nitrogen and oxygen atoms in total. The lowest BCUT2D eigenvalue weighted by Crippen LogP contribution is -2.08. The number of aliphatic hydroxyl groups excluding tert-OH is 1. The molecule has 0 fully saturated rings. The van der Waals surface area contributed by atoms with Gasteiger partial charge in [0.2, 0.25) is 0 Å². The molecule has 0 bridgehead atoms. The highest BCUT2D eigenvalue weighted by Gasteiger charge is 2.20. The minimum atomic E-state index is -1.24. The van der Waals surface area contributed by atoms with Crippen molar-refractivity contribution in [2.24, 2.45) is 0 Å². The molecule has 2 aromatic rings. The SMILES string of the molecule is O=C(O)c1nc(CCO)n2c(C(=O)O)cccc12. The number of hydrogen-bond donors (Lipinski definition) is 3. The van der Waals surface area contributed by atoms with Crippen molar-refractivity contribution < 1.29 is 24.9 Å². The van der Waals surface area contributed by atoms with Crippen LogP contribution >= 0.6 is 0 Å². The van der Waals surface area contributed by atoms with Crippen LogP contribution in [0.25, 0.3) is 5.52 Å². The Kier molecular flexibility index (Phi) is 2.99. The van der Waals surface area contributed by atoms with E-state index < -0.39 is 11.9 Å². The number of carboxylic acids is 2. The number of fused-ring (bicyclic) bond motifs is 1. The molecule has 0 aliphatic rings. The van der Waals surface area contributed by atoms with Crippen LogP contribution in [0.15, 0.2) is 18.2 Å². The summed E-state index contributed by atoms with van der Waals surface area (Å²) in [5.74, 6) is -2.21. The first-order chi connectivity index (χ1) is 8.56. The molecular formula is C11H10N2O5. The zero-order chi connectivity index (χ0) is 13.3. The Morgan fingerprint density at radius 2 is 1.94 bits per heavy atom. The highest BCUT2D eigenvalue weighted by atomic mass is 16.4. The van der Waals surface area contributed by atoms with Crippen LogP contribution in [0.4, 0.5) is 0 Å². The molecule has 3 N–H and O–H groups in total. The van der Waals surface area contributed by atoms with Gasteiger partial charge < -0.3 is 15.3 Å². The Balaban J connectivity index is 2.82. The van der Waals surface area contributed by atoms with Gasteiger partial charge in [-0.25, -0.2) is 14.6 Å². The second kappa shape index (κ2) is 4.46. The second-order valence-electron chi connectivity index (χ2n) is 3.59. The molecule has 0 spiro atoms. The molecule has 7 heteroatoms. The maximum atomic E-state index is 11.1. The van der Waals surface area contributed by atoms with Crippen LogP contribution in [-0.2, 0) is 6.42 Å². The number of rotatable bonds is 4. The Hall–Kier alpha value is -2.41. The summed E-state index contributed by atoms with van der Waals surface area (Å²) in [5.41, 5.74) is -0.108. The summed E-state index contributed by atoms with van der Waals surface area (Å²) >= 11 is 0. The van der Waals surface area contributed by atoms with E-state index in [2.05, 4.69) is 4.98 Å². The van der Waals surface area contributed by atoms with Gasteiger partial charge >= 0.3 is 11.9 Å². The smallest absolute Gasteiger partial charge is 0.356 e. The summed E-state index contributed by atoms with van der Waals surface area (Å²) in [7, 11) is 0. The van der Waals surface area contributed by atoms with Crippen LogP contribution in [-0.4, -0.2) is 43.2 Å². The average molecular weight is 250 g/mol. The van der Waals surface area contributed by atoms with E-state index in [1.807, 2.05) is 0 Å². The summed E-state index contributed by atoms with van der Waals surface area (Å²) in [5, 5.41) is 27.0. The molecule has 94 valence electrons. The summed E-state index contributed by atoms with van der Waals surface area (Å²) in [6.45, 7) is -0.244. The molecular weight excluding hydrogens is 240 g/mol. The van der Waals surface area contributed by atoms with Crippen molar-refractivity contribution in [3.63, 3.8) is 0 Å². The lowest BCUT2D eigenvalue weighted by molar-refractivity contribution is 0.0678. The van der Waals surface area contributed by atoms with Crippen molar-refractivity contribution in [1.29, 1.82) is 0 Å². The fourth-order valence-electron chi connectivity index (χ4n) is 1.80. The maximum absolute atomic E-state index is 11.1. The molecule has 0 aromatic carbocycles. The lowest BCUT2D eigenvalue weighted by Gasteiger charge is -2.03. The summed E-state index contributed by atoms with van der Waals surface area (Å²) < 4.78 is 1.24. The van der Waals surface area contributed by atoms with Crippen LogP contribution < -0.4 is 0 Å². The van der Waals surface area contributed by atoms with E-state index in [0.717, 1.165) is 0 Å². The third-order valence-corrected chi connectivity index (χ3v) is 2.49. The largest absolute Gasteiger partial charge is 0.477 e. The minimum Gasteiger partial charge on any atom is -0.477 e. The zero-order valence-electron chi connectivity index (χ0n) is 9.20. The summed E-state index contributed by atoms with van der Waals surface area (Å²) in [6, 6.07) is 4.28. The van der Waals surface area contributed by atoms with Gasteiger partial charge in [0.05, 0.1) is 12.1 Å². The molecule has 0 aliphatic heterocycles. The molecule has 0 aliphatic carbocycles. The second-order valence-corrected chi connectivity index (χ2v) is 3.59. The Labute approximate surface area is 101 Å². The van der Waals surface area contributed by atoms with Crippen LogP contribution in [0.5, 0.6) is 0 Å². The number of hydrogen-bond acceptors (Lipinski definition) is 4. The van der Waals surface area contributed by atoms with Gasteiger partial charge in [-0.1, -0.05) is 6.07 Å². The number of carboxylic acid groups (broad SMARTS) is 2. The molecule has 0 atom stereocenters. The standard InChI is InChI=1S/C11H10N2O5/c14-5-4-8-12-9(11(17)18)6-2-1-3-7(10(15)16)13(6)8/h1-3,14H,4-5H2,(H,15,16)(H,17,18). The fourth-order valence-corrected chi connectivity index (χ4v) is 1.80. The van der Waals surface area contributed by atoms with E-state index in [-0.39, 0.29) is 35.8 Å². The van der Waals surface area contributed by atoms with E-state index in [1.165, 1.54) is 22.6 Å². The van der Waals surface area contributed by atoms with Crippen LogP contribution in [0.2, 0.25) is 0 Å². The molecule has 2 rings (SSSR count). The molecule has 0 saturated heterocycles. The predicted molar refractivity (Wildman–Crippen MR) is 59.9 cm³/mol. The summed E-state index contributed by atoms with van der Waals surface area (Å²) in [4.78, 5) is 26.0. The molecule has 18 heavy (non-hydrogen) atoms. The van der Waals surface area contributed by atoms with Gasteiger partial charge in [-0.2, -0.15) is 0 Å². The van der Waals surface area contributed by atoms with Gasteiger partial charge in [0.15, 0.2) is 5.69 Å². The van der Waals surface area contributed by atoms with Gasteiger partial charge in [0.1, 0.15) is 11.5 Å². The Bertz CT molecular complexity index is 632. The van der Waals surface area contributed by atoms with E-state index in [4.69, 9.17) is 15.3 Å². The van der Waals surface area contributed by atoms with E-state index >= 15 is 0 Å². The van der Waals surface area contributed by atoms with Crippen LogP contribution in [0.1, 0.15) is 26.8 Å². The van der Waals surface area contributed by atoms with Gasteiger partial charge in [-0.15, -0.1) is 0 Å². The van der Waals surface area contributed by atoms with Crippen molar-refractivity contribution in [3.05, 3.63) is 35.4 Å². The number of imidazole rings is 1. The number of aliphatic hydroxyl groups is 1. The number of nitrogens with zero attached hydrogens (tertiary/aromatic N) is 2. The first-order valence-electron chi connectivity index (χ1n) is 5.14. The lowest BCUT2D eigenvalue weighted by atomic mass is 10.3. The Morgan fingerprint density at radius 1 is 1.22 bits per heavy atom. The van der Waals surface area contributed by atoms with E-state index in [9.17, 15) is 9.59 Å². The fraction of sp³-hybridized carbons (Fsp3) is 0.182. The topological polar surface area (TPSA) is 112 Å². The van der Waals surface area contributed by atoms with E-state index in [1.54, 1.807) is 0 Å². The molecule has 2 aromatic heterocycles. The quantitative estimate of drug-likeness (QED) is 0.717. The highest BCUT2D eigenvalue weighted by Crippen LogP contribution is 2.17. The predicted octanol–water partition coefficient (Wildman–Crippen LogP) is 0.265. The van der Waals surface area contributed by atoms with Crippen LogP contribution in [0, 0.1) is 0 Å². The van der Waals surface area contributed by atoms with E-state index in [0.29, 0.717) is 0 Å². The molecule has 0 saturated carbocycles. The molecule has 0 radical (unpaired) electrons. The Morgan fingerprint density at radius 3 is 2.50 bits per heavy atom. The zero-order valence-corrected chi connectivity index (χ0v) is 9.20. The van der Waals surface area contributed by atoms with Crippen molar-refractivity contribution in [2.45, 2.75) is 6.42 Å². The summed E-state index contributed by atoms with van der Waals surface area (Å²) in [6.07, 6.45) is 0.0821. The number of aromatic carboxylic acids is 2. The van der Waals surface area contributed by atoms with Crippen molar-refractivity contribution in [3.8, 4) is 0 Å². The van der Waals surface area contributed by atoms with Gasteiger partial charge in [-0.05, 0) is 12.1 Å². The normalized spacial score (nSPS) is 10.7. The van der Waals surface area contributed by atoms with Gasteiger partial charge in [-0.3, -0.25) is 4.40 Å². The van der Waals surface area contributed by atoms with Gasteiger partial charge in [0.25, 0.3) is 0 Å². The number of pyridine rings is 1. The first-order valence-corrected chi connectivity index (χ1v) is 5.14. The van der Waals surface area contributed by atoms with Crippen molar-refractivity contribution >= 4 is 17.5 Å². The molecule has 2 heterocycles. The average Bonchev–Trinajstić information content (AvgIpc) is 2.69. The van der Waals surface area contributed by atoms with Gasteiger partial charge in [0, 0.05) is 6.42 Å². The monoisotopic (exact) mass is 250 g/mol. The number of carbonyl (C=O) groups is 2. The first kappa shape index (κ1) is 12.1. The molecule has 0 unspecified atom stereocenters.